The summed E-state index contributed by atoms with van der Waals surface area (Å²) in [5, 5.41) is 5.21. The van der Waals surface area contributed by atoms with Gasteiger partial charge in [0.05, 0.1) is 17.1 Å². The second kappa shape index (κ2) is 12.7. The minimum atomic E-state index is -4.15. The number of nitrogens with zero attached hydrogens (tertiary/aromatic N) is 1. The van der Waals surface area contributed by atoms with Gasteiger partial charge in [0.15, 0.2) is 0 Å². The Balaban J connectivity index is 1.97. The lowest BCUT2D eigenvalue weighted by atomic mass is 10.1. The van der Waals surface area contributed by atoms with Crippen molar-refractivity contribution in [1.82, 2.24) is 20.3 Å². The number of carbonyl (C=O) groups excluding carboxylic acids is 3. The van der Waals surface area contributed by atoms with Crippen LogP contribution in [0, 0.1) is 5.92 Å². The van der Waals surface area contributed by atoms with Gasteiger partial charge < -0.3 is 20.1 Å². The second-order valence-corrected chi connectivity index (χ2v) is 9.15. The first kappa shape index (κ1) is 26.7. The highest BCUT2D eigenvalue weighted by atomic mass is 32.2. The van der Waals surface area contributed by atoms with Crippen LogP contribution >= 0.6 is 0 Å². The maximum atomic E-state index is 12.7. The maximum absolute atomic E-state index is 12.7. The van der Waals surface area contributed by atoms with E-state index >= 15 is 0 Å². The van der Waals surface area contributed by atoms with Crippen LogP contribution in [0.25, 0.3) is 0 Å². The minimum Gasteiger partial charge on any atom is -0.391 e. The summed E-state index contributed by atoms with van der Waals surface area (Å²) in [5.74, 6) is -1.19. The number of hydrogen-bond donors (Lipinski definition) is 3. The fraction of sp³-hybridized carbons (Fsp3) is 0.364. The summed E-state index contributed by atoms with van der Waals surface area (Å²) in [7, 11) is -2.66. The molecule has 2 rings (SSSR count). The van der Waals surface area contributed by atoms with Crippen molar-refractivity contribution in [3.63, 3.8) is 0 Å². The van der Waals surface area contributed by atoms with Crippen molar-refractivity contribution in [1.29, 1.82) is 0 Å². The molecule has 0 unspecified atom stereocenters. The van der Waals surface area contributed by atoms with Crippen molar-refractivity contribution in [3.8, 4) is 5.88 Å². The van der Waals surface area contributed by atoms with Gasteiger partial charge in [-0.05, 0) is 30.2 Å². The number of benzene rings is 1. The lowest BCUT2D eigenvalue weighted by molar-refractivity contribution is -0.123. The fourth-order valence-electron chi connectivity index (χ4n) is 2.60. The molecule has 0 aliphatic carbocycles. The van der Waals surface area contributed by atoms with Crippen molar-refractivity contribution < 1.29 is 32.3 Å². The third-order valence-corrected chi connectivity index (χ3v) is 5.77. The molecule has 0 fully saturated rings. The number of pyridine rings is 1. The fourth-order valence-corrected chi connectivity index (χ4v) is 3.65. The van der Waals surface area contributed by atoms with E-state index in [-0.39, 0.29) is 34.7 Å². The average molecular weight is 493 g/mol. The zero-order chi connectivity index (χ0) is 25.1. The van der Waals surface area contributed by atoms with Gasteiger partial charge in [-0.2, -0.15) is 0 Å². The number of nitrogens with one attached hydrogen (secondary N) is 3. The number of sulfonamides is 1. The molecule has 0 saturated heterocycles. The summed E-state index contributed by atoms with van der Waals surface area (Å²) in [6, 6.07) is 8.64. The zero-order valence-corrected chi connectivity index (χ0v) is 20.0. The van der Waals surface area contributed by atoms with E-state index in [4.69, 9.17) is 9.47 Å². The average Bonchev–Trinajstić information content (AvgIpc) is 2.79. The van der Waals surface area contributed by atoms with Crippen molar-refractivity contribution >= 4 is 27.9 Å². The van der Waals surface area contributed by atoms with E-state index in [0.717, 1.165) is 6.20 Å². The maximum Gasteiger partial charge on any atom is 0.414 e. The number of carbonyl (C=O) groups is 3. The molecule has 0 aliphatic rings. The van der Waals surface area contributed by atoms with E-state index in [1.54, 1.807) is 26.0 Å². The number of amides is 3. The highest BCUT2D eigenvalue weighted by Gasteiger charge is 2.20. The molecule has 3 N–H and O–H groups in total. The van der Waals surface area contributed by atoms with Crippen LogP contribution in [0.15, 0.2) is 47.5 Å². The Kier molecular flexibility index (Phi) is 9.95. The third-order valence-electron chi connectivity index (χ3n) is 4.44. The Morgan fingerprint density at radius 3 is 2.47 bits per heavy atom. The standard InChI is InChI=1S/C22H28N4O7S/c1-15(2)20(27)23-10-9-16-5-4-6-18(13-16)34(30,31)26-21(28)17-7-8-19(25-14-17)33-22(29)24-11-12-32-3/h4-8,13-15H,9-12H2,1-3H3,(H,23,27)(H,24,29)(H,26,28). The van der Waals surface area contributed by atoms with Crippen LogP contribution in [0.5, 0.6) is 5.88 Å². The van der Waals surface area contributed by atoms with Gasteiger partial charge in [-0.1, -0.05) is 26.0 Å². The number of rotatable bonds is 11. The van der Waals surface area contributed by atoms with E-state index in [0.29, 0.717) is 25.1 Å². The number of methoxy groups -OCH3 is 1. The molecule has 2 aromatic rings. The minimum absolute atomic E-state index is 0.0386. The summed E-state index contributed by atoms with van der Waals surface area (Å²) in [6.45, 7) is 4.48. The van der Waals surface area contributed by atoms with Crippen LogP contribution in [0.2, 0.25) is 0 Å². The van der Waals surface area contributed by atoms with Crippen LogP contribution in [0.4, 0.5) is 4.79 Å². The SMILES string of the molecule is COCCNC(=O)Oc1ccc(C(=O)NS(=O)(=O)c2cccc(CCNC(=O)C(C)C)c2)cn1. The molecule has 0 spiro atoms. The molecule has 11 nitrogen and oxygen atoms in total. The predicted octanol–water partition coefficient (Wildman–Crippen LogP) is 1.25. The number of ether oxygens (including phenoxy) is 2. The first-order valence-corrected chi connectivity index (χ1v) is 11.9. The normalized spacial score (nSPS) is 11.1. The smallest absolute Gasteiger partial charge is 0.391 e. The molecule has 12 heteroatoms. The topological polar surface area (TPSA) is 153 Å². The van der Waals surface area contributed by atoms with Gasteiger partial charge in [0.2, 0.25) is 11.8 Å². The van der Waals surface area contributed by atoms with Crippen LogP contribution in [0.1, 0.15) is 29.8 Å². The molecule has 0 bridgehead atoms. The van der Waals surface area contributed by atoms with E-state index in [1.165, 1.54) is 31.4 Å². The van der Waals surface area contributed by atoms with Gasteiger partial charge in [0.25, 0.3) is 15.9 Å². The molecule has 34 heavy (non-hydrogen) atoms. The highest BCUT2D eigenvalue weighted by Crippen LogP contribution is 2.14. The van der Waals surface area contributed by atoms with E-state index < -0.39 is 22.0 Å². The molecular weight excluding hydrogens is 464 g/mol. The molecule has 1 aromatic carbocycles. The monoisotopic (exact) mass is 492 g/mol. The molecule has 0 saturated carbocycles. The Morgan fingerprint density at radius 2 is 1.82 bits per heavy atom. The molecule has 1 aromatic heterocycles. The van der Waals surface area contributed by atoms with Crippen molar-refractivity contribution in [2.45, 2.75) is 25.2 Å². The van der Waals surface area contributed by atoms with Gasteiger partial charge in [-0.15, -0.1) is 0 Å². The first-order chi connectivity index (χ1) is 16.1. The van der Waals surface area contributed by atoms with Gasteiger partial charge in [0, 0.05) is 38.4 Å². The molecule has 0 aliphatic heterocycles. The van der Waals surface area contributed by atoms with Crippen LogP contribution in [-0.4, -0.2) is 58.1 Å². The quantitative estimate of drug-likeness (QED) is 0.396. The van der Waals surface area contributed by atoms with Crippen LogP contribution in [0.3, 0.4) is 0 Å². The summed E-state index contributed by atoms with van der Waals surface area (Å²) in [6.07, 6.45) is 0.782. The largest absolute Gasteiger partial charge is 0.414 e. The second-order valence-electron chi connectivity index (χ2n) is 7.47. The highest BCUT2D eigenvalue weighted by molar-refractivity contribution is 7.90. The van der Waals surface area contributed by atoms with Gasteiger partial charge in [-0.3, -0.25) is 9.59 Å². The molecule has 184 valence electrons. The van der Waals surface area contributed by atoms with Crippen LogP contribution < -0.4 is 20.1 Å². The van der Waals surface area contributed by atoms with Gasteiger partial charge in [-0.25, -0.2) is 22.9 Å². The molecule has 3 amide bonds. The van der Waals surface area contributed by atoms with Crippen molar-refractivity contribution in [2.75, 3.05) is 26.8 Å². The van der Waals surface area contributed by atoms with Crippen molar-refractivity contribution in [3.05, 3.63) is 53.7 Å². The van der Waals surface area contributed by atoms with E-state index in [9.17, 15) is 22.8 Å². The van der Waals surface area contributed by atoms with E-state index in [1.807, 2.05) is 4.72 Å². The zero-order valence-electron chi connectivity index (χ0n) is 19.2. The molecule has 1 heterocycles. The van der Waals surface area contributed by atoms with Gasteiger partial charge in [0.1, 0.15) is 0 Å². The van der Waals surface area contributed by atoms with E-state index in [2.05, 4.69) is 15.6 Å². The lowest BCUT2D eigenvalue weighted by Gasteiger charge is -2.10. The Morgan fingerprint density at radius 1 is 1.06 bits per heavy atom. The Bertz CT molecular complexity index is 1100. The van der Waals surface area contributed by atoms with Gasteiger partial charge >= 0.3 is 6.09 Å². The number of aromatic nitrogens is 1. The summed E-state index contributed by atoms with van der Waals surface area (Å²) in [4.78, 5) is 39.4. The van der Waals surface area contributed by atoms with Crippen molar-refractivity contribution in [2.24, 2.45) is 5.92 Å². The summed E-state index contributed by atoms with van der Waals surface area (Å²) < 4.78 is 37.1. The summed E-state index contributed by atoms with van der Waals surface area (Å²) in [5.41, 5.74) is 0.648. The molecule has 0 atom stereocenters. The predicted molar refractivity (Wildman–Crippen MR) is 123 cm³/mol. The van der Waals surface area contributed by atoms with Crippen LogP contribution in [-0.2, 0) is 26.0 Å². The first-order valence-electron chi connectivity index (χ1n) is 10.5. The molecule has 0 radical (unpaired) electrons. The Labute approximate surface area is 198 Å². The number of hydrogen-bond acceptors (Lipinski definition) is 8. The summed E-state index contributed by atoms with van der Waals surface area (Å²) >= 11 is 0. The Hall–Kier alpha value is -3.51. The molecular formula is C22H28N4O7S. The lowest BCUT2D eigenvalue weighted by Crippen LogP contribution is -2.31. The third kappa shape index (κ3) is 8.45.